The number of nitrogens with one attached hydrogen (secondary N) is 1. The molecule has 3 atom stereocenters. The third-order valence-electron chi connectivity index (χ3n) is 7.11. The monoisotopic (exact) mass is 569 g/mol. The van der Waals surface area contributed by atoms with E-state index < -0.39 is 31.9 Å². The number of fused-ring (bicyclic) bond motifs is 1. The van der Waals surface area contributed by atoms with E-state index in [9.17, 15) is 22.0 Å². The summed E-state index contributed by atoms with van der Waals surface area (Å²) >= 11 is 0. The van der Waals surface area contributed by atoms with Crippen LogP contribution in [0.1, 0.15) is 25.2 Å². The summed E-state index contributed by atoms with van der Waals surface area (Å²) in [5, 5.41) is 7.40. The molecule has 1 amide bonds. The van der Waals surface area contributed by atoms with Crippen LogP contribution in [0.15, 0.2) is 53.8 Å². The number of hydrogen-bond donors (Lipinski definition) is 2. The number of piperidine rings is 1. The summed E-state index contributed by atoms with van der Waals surface area (Å²) in [6.07, 6.45) is 6.25. The molecule has 1 aromatic carbocycles. The Morgan fingerprint density at radius 1 is 1.15 bits per heavy atom. The smallest absolute Gasteiger partial charge is 0.217 e. The highest BCUT2D eigenvalue weighted by atomic mass is 32.2. The van der Waals surface area contributed by atoms with Crippen LogP contribution < -0.4 is 16.0 Å². The van der Waals surface area contributed by atoms with E-state index in [4.69, 9.17) is 5.73 Å². The number of halogens is 2. The van der Waals surface area contributed by atoms with Gasteiger partial charge in [-0.2, -0.15) is 5.10 Å². The first-order valence-electron chi connectivity index (χ1n) is 12.7. The third-order valence-corrected chi connectivity index (χ3v) is 8.20. The molecule has 3 N–H and O–H groups in total. The number of amides is 1. The van der Waals surface area contributed by atoms with Crippen molar-refractivity contribution in [1.29, 1.82) is 0 Å². The van der Waals surface area contributed by atoms with Crippen molar-refractivity contribution in [2.75, 3.05) is 24.2 Å². The molecule has 1 fully saturated rings. The van der Waals surface area contributed by atoms with E-state index in [2.05, 4.69) is 25.3 Å². The molecule has 0 spiro atoms. The van der Waals surface area contributed by atoms with E-state index in [-0.39, 0.29) is 29.6 Å². The van der Waals surface area contributed by atoms with Crippen molar-refractivity contribution >= 4 is 26.9 Å². The number of pyridine rings is 1. The van der Waals surface area contributed by atoms with Crippen molar-refractivity contribution in [3.05, 3.63) is 71.9 Å². The SMILES string of the molecule is CC(=O)N[C@@H]1[C@H](N)CN(c2ccncc2Cc2ncc3ccc(-c4c(F)cc(S(C)(=O)=O)cc4F)nn23)C[C@@H]1C. The minimum atomic E-state index is -3.79. The van der Waals surface area contributed by atoms with E-state index in [1.54, 1.807) is 24.7 Å². The van der Waals surface area contributed by atoms with Gasteiger partial charge in [-0.1, -0.05) is 6.92 Å². The molecule has 5 rings (SSSR count). The van der Waals surface area contributed by atoms with Crippen molar-refractivity contribution in [1.82, 2.24) is 24.9 Å². The lowest BCUT2D eigenvalue weighted by Crippen LogP contribution is -2.61. The fourth-order valence-corrected chi connectivity index (χ4v) is 5.87. The molecule has 1 aliphatic heterocycles. The van der Waals surface area contributed by atoms with Crippen LogP contribution in [0.5, 0.6) is 0 Å². The van der Waals surface area contributed by atoms with Crippen molar-refractivity contribution in [3.63, 3.8) is 0 Å². The molecule has 4 heterocycles. The molecule has 0 bridgehead atoms. The van der Waals surface area contributed by atoms with E-state index in [1.807, 2.05) is 13.0 Å². The molecule has 0 saturated carbocycles. The largest absolute Gasteiger partial charge is 0.369 e. The summed E-state index contributed by atoms with van der Waals surface area (Å²) in [7, 11) is -3.79. The molecule has 0 aliphatic carbocycles. The Kier molecular flexibility index (Phi) is 7.27. The molecule has 3 aromatic heterocycles. The molecule has 1 saturated heterocycles. The number of imidazole rings is 1. The summed E-state index contributed by atoms with van der Waals surface area (Å²) in [6.45, 7) is 4.72. The summed E-state index contributed by atoms with van der Waals surface area (Å²) < 4.78 is 54.9. The molecule has 1 aliphatic rings. The number of carbonyl (C=O) groups is 1. The van der Waals surface area contributed by atoms with Gasteiger partial charge in [0.05, 0.1) is 27.9 Å². The molecule has 40 heavy (non-hydrogen) atoms. The Labute approximate surface area is 230 Å². The molecule has 0 radical (unpaired) electrons. The lowest BCUT2D eigenvalue weighted by molar-refractivity contribution is -0.120. The van der Waals surface area contributed by atoms with Gasteiger partial charge in [0.25, 0.3) is 0 Å². The van der Waals surface area contributed by atoms with Gasteiger partial charge in [0.2, 0.25) is 5.91 Å². The van der Waals surface area contributed by atoms with Gasteiger partial charge < -0.3 is 16.0 Å². The van der Waals surface area contributed by atoms with E-state index in [0.29, 0.717) is 30.9 Å². The molecule has 210 valence electrons. The standard InChI is InChI=1S/C27H29F2N7O3S/c1-15-13-35(14-22(30)27(15)33-16(2)37)24-6-7-31-11-17(24)8-25-32-12-18-4-5-23(34-36(18)25)26-20(28)9-19(10-21(26)29)40(3,38)39/h4-7,9-12,15,22,27H,8,13-14,30H2,1-3H3,(H,33,37)/t15-,22+,27-/m0/s1. The first-order valence-corrected chi connectivity index (χ1v) is 14.5. The highest BCUT2D eigenvalue weighted by Crippen LogP contribution is 2.30. The van der Waals surface area contributed by atoms with E-state index >= 15 is 0 Å². The molecule has 0 unspecified atom stereocenters. The maximum atomic E-state index is 14.9. The number of carbonyl (C=O) groups excluding carboxylic acids is 1. The van der Waals surface area contributed by atoms with Crippen LogP contribution in [-0.2, 0) is 21.1 Å². The number of nitrogens with zero attached hydrogens (tertiary/aromatic N) is 5. The van der Waals surface area contributed by atoms with Gasteiger partial charge in [0.1, 0.15) is 17.5 Å². The van der Waals surface area contributed by atoms with Crippen LogP contribution in [0.25, 0.3) is 16.8 Å². The first-order chi connectivity index (χ1) is 18.9. The zero-order chi connectivity index (χ0) is 28.8. The predicted octanol–water partition coefficient (Wildman–Crippen LogP) is 2.35. The Balaban J connectivity index is 1.47. The van der Waals surface area contributed by atoms with E-state index in [1.165, 1.54) is 17.5 Å². The molecular weight excluding hydrogens is 540 g/mol. The van der Waals surface area contributed by atoms with Crippen LogP contribution in [0, 0.1) is 17.6 Å². The minimum absolute atomic E-state index is 0.00643. The Morgan fingerprint density at radius 2 is 1.88 bits per heavy atom. The van der Waals surface area contributed by atoms with Crippen LogP contribution in [0.2, 0.25) is 0 Å². The Bertz CT molecular complexity index is 1670. The summed E-state index contributed by atoms with van der Waals surface area (Å²) in [4.78, 5) is 22.1. The van der Waals surface area contributed by atoms with Crippen molar-refractivity contribution in [2.45, 2.75) is 37.2 Å². The molecular formula is C27H29F2N7O3S. The number of benzene rings is 1. The molecule has 10 nitrogen and oxygen atoms in total. The number of hydrogen-bond acceptors (Lipinski definition) is 8. The quantitative estimate of drug-likeness (QED) is 0.361. The number of aromatic nitrogens is 4. The zero-order valence-corrected chi connectivity index (χ0v) is 23.0. The van der Waals surface area contributed by atoms with Gasteiger partial charge in [-0.05, 0) is 36.2 Å². The Morgan fingerprint density at radius 3 is 2.52 bits per heavy atom. The fraction of sp³-hybridized carbons (Fsp3) is 0.333. The molecule has 13 heteroatoms. The lowest BCUT2D eigenvalue weighted by atomic mass is 9.89. The Hall–Kier alpha value is -3.97. The molecule has 4 aromatic rings. The number of nitrogens with two attached hydrogens (primary N) is 1. The minimum Gasteiger partial charge on any atom is -0.369 e. The normalized spacial score (nSPS) is 19.6. The summed E-state index contributed by atoms with van der Waals surface area (Å²) in [5.74, 6) is -1.56. The topological polar surface area (TPSA) is 136 Å². The number of anilines is 1. The summed E-state index contributed by atoms with van der Waals surface area (Å²) in [5.41, 5.74) is 8.39. The van der Waals surface area contributed by atoms with Crippen molar-refractivity contribution in [3.8, 4) is 11.3 Å². The predicted molar refractivity (Wildman–Crippen MR) is 145 cm³/mol. The van der Waals surface area contributed by atoms with E-state index in [0.717, 1.165) is 29.6 Å². The second kappa shape index (κ2) is 10.5. The van der Waals surface area contributed by atoms with Gasteiger partial charge in [0.15, 0.2) is 9.84 Å². The zero-order valence-electron chi connectivity index (χ0n) is 22.2. The van der Waals surface area contributed by atoms with Gasteiger partial charge in [-0.3, -0.25) is 9.78 Å². The number of rotatable bonds is 6. The van der Waals surface area contributed by atoms with Crippen molar-refractivity contribution in [2.24, 2.45) is 11.7 Å². The second-order valence-corrected chi connectivity index (χ2v) is 12.2. The summed E-state index contributed by atoms with van der Waals surface area (Å²) in [6, 6.07) is 6.17. The fourth-order valence-electron chi connectivity index (χ4n) is 5.24. The van der Waals surface area contributed by atoms with Gasteiger partial charge in [0, 0.05) is 68.4 Å². The van der Waals surface area contributed by atoms with Gasteiger partial charge in [-0.25, -0.2) is 26.7 Å². The average Bonchev–Trinajstić information content (AvgIpc) is 3.27. The van der Waals surface area contributed by atoms with Crippen LogP contribution in [-0.4, -0.2) is 65.3 Å². The van der Waals surface area contributed by atoms with Crippen molar-refractivity contribution < 1.29 is 22.0 Å². The van der Waals surface area contributed by atoms with Crippen LogP contribution in [0.3, 0.4) is 0 Å². The first kappa shape index (κ1) is 27.6. The van der Waals surface area contributed by atoms with Crippen LogP contribution in [0.4, 0.5) is 14.5 Å². The van der Waals surface area contributed by atoms with Gasteiger partial charge >= 0.3 is 0 Å². The second-order valence-electron chi connectivity index (χ2n) is 10.2. The van der Waals surface area contributed by atoms with Crippen LogP contribution >= 0.6 is 0 Å². The highest BCUT2D eigenvalue weighted by Gasteiger charge is 2.33. The number of sulfone groups is 1. The maximum absolute atomic E-state index is 14.9. The lowest BCUT2D eigenvalue weighted by Gasteiger charge is -2.43. The maximum Gasteiger partial charge on any atom is 0.217 e. The van der Waals surface area contributed by atoms with Gasteiger partial charge in [-0.15, -0.1) is 0 Å². The highest BCUT2D eigenvalue weighted by molar-refractivity contribution is 7.90. The third kappa shape index (κ3) is 5.39. The average molecular weight is 570 g/mol.